The van der Waals surface area contributed by atoms with Gasteiger partial charge in [-0.3, -0.25) is 9.59 Å². The van der Waals surface area contributed by atoms with Gasteiger partial charge in [0.25, 0.3) is 0 Å². The van der Waals surface area contributed by atoms with Crippen molar-refractivity contribution in [3.63, 3.8) is 0 Å². The second-order valence-corrected chi connectivity index (χ2v) is 4.48. The lowest BCUT2D eigenvalue weighted by Gasteiger charge is -2.31. The zero-order valence-electron chi connectivity index (χ0n) is 8.79. The van der Waals surface area contributed by atoms with Crippen LogP contribution in [0.25, 0.3) is 0 Å². The van der Waals surface area contributed by atoms with E-state index in [-0.39, 0.29) is 12.2 Å². The number of carboxylic acid groups (broad SMARTS) is 1. The van der Waals surface area contributed by atoms with E-state index in [4.69, 9.17) is 5.11 Å². The fraction of sp³-hybridized carbons (Fsp3) is 0.667. The Morgan fingerprint density at radius 1 is 1.27 bits per heavy atom. The van der Waals surface area contributed by atoms with E-state index in [9.17, 15) is 9.59 Å². The van der Waals surface area contributed by atoms with Gasteiger partial charge in [0.05, 0.1) is 6.42 Å². The first-order valence-corrected chi connectivity index (χ1v) is 5.65. The highest BCUT2D eigenvalue weighted by Crippen LogP contribution is 2.39. The van der Waals surface area contributed by atoms with Crippen molar-refractivity contribution in [3.8, 4) is 0 Å². The monoisotopic (exact) mass is 208 g/mol. The van der Waals surface area contributed by atoms with Crippen LogP contribution in [0.2, 0.25) is 0 Å². The van der Waals surface area contributed by atoms with Gasteiger partial charge in [0.1, 0.15) is 0 Å². The summed E-state index contributed by atoms with van der Waals surface area (Å²) in [4.78, 5) is 22.4. The Bertz CT molecular complexity index is 328. The van der Waals surface area contributed by atoms with Crippen molar-refractivity contribution >= 4 is 11.8 Å². The van der Waals surface area contributed by atoms with Gasteiger partial charge in [0, 0.05) is 12.0 Å². The Morgan fingerprint density at radius 3 is 2.80 bits per heavy atom. The molecule has 0 spiro atoms. The summed E-state index contributed by atoms with van der Waals surface area (Å²) in [6, 6.07) is 0. The van der Waals surface area contributed by atoms with Crippen LogP contribution < -0.4 is 0 Å². The van der Waals surface area contributed by atoms with E-state index >= 15 is 0 Å². The number of allylic oxidation sites excluding steroid dienone is 1. The van der Waals surface area contributed by atoms with Gasteiger partial charge in [-0.05, 0) is 31.6 Å². The molecule has 0 bridgehead atoms. The summed E-state index contributed by atoms with van der Waals surface area (Å²) in [7, 11) is 0. The molecular weight excluding hydrogens is 192 g/mol. The lowest BCUT2D eigenvalue weighted by atomic mass is 9.73. The number of carbonyl (C=O) groups is 2. The van der Waals surface area contributed by atoms with E-state index in [0.29, 0.717) is 17.9 Å². The van der Waals surface area contributed by atoms with Crippen molar-refractivity contribution < 1.29 is 14.7 Å². The van der Waals surface area contributed by atoms with Gasteiger partial charge >= 0.3 is 5.97 Å². The summed E-state index contributed by atoms with van der Waals surface area (Å²) in [5.74, 6) is -0.298. The van der Waals surface area contributed by atoms with Crippen LogP contribution in [0, 0.1) is 5.92 Å². The maximum absolute atomic E-state index is 11.7. The van der Waals surface area contributed by atoms with Crippen LogP contribution in [0.5, 0.6) is 0 Å². The molecule has 1 unspecified atom stereocenters. The van der Waals surface area contributed by atoms with Crippen LogP contribution in [-0.2, 0) is 9.59 Å². The highest BCUT2D eigenvalue weighted by atomic mass is 16.4. The fourth-order valence-electron chi connectivity index (χ4n) is 2.80. The van der Waals surface area contributed by atoms with Crippen molar-refractivity contribution in [1.29, 1.82) is 0 Å². The standard InChI is InChI=1S/C12H16O3/c13-11-6-5-8-3-1-2-4-9(8)10(11)7-12(14)15/h8H,1-7H2,(H,14,15). The molecule has 15 heavy (non-hydrogen) atoms. The number of hydrogen-bond donors (Lipinski definition) is 1. The summed E-state index contributed by atoms with van der Waals surface area (Å²) >= 11 is 0. The average molecular weight is 208 g/mol. The molecule has 1 saturated carbocycles. The molecule has 0 aromatic rings. The summed E-state index contributed by atoms with van der Waals surface area (Å²) in [6.45, 7) is 0. The van der Waals surface area contributed by atoms with Gasteiger partial charge < -0.3 is 5.11 Å². The molecule has 0 aromatic heterocycles. The Balaban J connectivity index is 2.28. The molecule has 1 N–H and O–H groups in total. The Kier molecular flexibility index (Phi) is 2.89. The molecule has 0 radical (unpaired) electrons. The smallest absolute Gasteiger partial charge is 0.307 e. The summed E-state index contributed by atoms with van der Waals surface area (Å²) < 4.78 is 0. The van der Waals surface area contributed by atoms with E-state index < -0.39 is 5.97 Å². The second-order valence-electron chi connectivity index (χ2n) is 4.48. The quantitative estimate of drug-likeness (QED) is 0.757. The topological polar surface area (TPSA) is 54.4 Å². The van der Waals surface area contributed by atoms with Gasteiger partial charge in [-0.2, -0.15) is 0 Å². The summed E-state index contributed by atoms with van der Waals surface area (Å²) in [6.07, 6.45) is 5.86. The SMILES string of the molecule is O=C(O)CC1=C2CCCCC2CCC1=O. The van der Waals surface area contributed by atoms with Crippen molar-refractivity contribution in [2.24, 2.45) is 5.92 Å². The number of fused-ring (bicyclic) bond motifs is 1. The van der Waals surface area contributed by atoms with Crippen LogP contribution in [0.1, 0.15) is 44.9 Å². The van der Waals surface area contributed by atoms with E-state index in [1.807, 2.05) is 0 Å². The summed E-state index contributed by atoms with van der Waals surface area (Å²) in [5.41, 5.74) is 1.79. The molecule has 0 aromatic carbocycles. The molecule has 2 rings (SSSR count). The molecule has 0 amide bonds. The maximum atomic E-state index is 11.7. The van der Waals surface area contributed by atoms with E-state index in [1.165, 1.54) is 12.0 Å². The molecule has 2 aliphatic rings. The van der Waals surface area contributed by atoms with Crippen molar-refractivity contribution in [1.82, 2.24) is 0 Å². The zero-order chi connectivity index (χ0) is 10.8. The highest BCUT2D eigenvalue weighted by molar-refractivity contribution is 6.00. The number of hydrogen-bond acceptors (Lipinski definition) is 2. The third kappa shape index (κ3) is 2.11. The van der Waals surface area contributed by atoms with Gasteiger partial charge in [-0.1, -0.05) is 12.0 Å². The van der Waals surface area contributed by atoms with Crippen LogP contribution in [0.3, 0.4) is 0 Å². The second kappa shape index (κ2) is 4.17. The van der Waals surface area contributed by atoms with Crippen molar-refractivity contribution in [2.45, 2.75) is 44.9 Å². The van der Waals surface area contributed by atoms with Crippen LogP contribution in [0.15, 0.2) is 11.1 Å². The minimum atomic E-state index is -0.878. The minimum absolute atomic E-state index is 0.0648. The van der Waals surface area contributed by atoms with Crippen LogP contribution in [-0.4, -0.2) is 16.9 Å². The van der Waals surface area contributed by atoms with Crippen LogP contribution >= 0.6 is 0 Å². The Hall–Kier alpha value is -1.12. The molecular formula is C12H16O3. The van der Waals surface area contributed by atoms with Crippen molar-refractivity contribution in [3.05, 3.63) is 11.1 Å². The predicted octanol–water partition coefficient (Wildman–Crippen LogP) is 2.31. The summed E-state index contributed by atoms with van der Waals surface area (Å²) in [5, 5.41) is 8.79. The number of carbonyl (C=O) groups excluding carboxylic acids is 1. The third-order valence-electron chi connectivity index (χ3n) is 3.51. The Labute approximate surface area is 89.2 Å². The van der Waals surface area contributed by atoms with E-state index in [1.54, 1.807) is 0 Å². The number of aliphatic carboxylic acids is 1. The van der Waals surface area contributed by atoms with Crippen molar-refractivity contribution in [2.75, 3.05) is 0 Å². The van der Waals surface area contributed by atoms with E-state index in [2.05, 4.69) is 0 Å². The first kappa shape index (κ1) is 10.4. The molecule has 3 nitrogen and oxygen atoms in total. The fourth-order valence-corrected chi connectivity index (χ4v) is 2.80. The molecule has 3 heteroatoms. The van der Waals surface area contributed by atoms with Gasteiger partial charge in [0.15, 0.2) is 5.78 Å². The lowest BCUT2D eigenvalue weighted by molar-refractivity contribution is -0.137. The predicted molar refractivity (Wildman–Crippen MR) is 55.5 cm³/mol. The molecule has 82 valence electrons. The molecule has 1 fully saturated rings. The molecule has 0 saturated heterocycles. The number of rotatable bonds is 2. The number of Topliss-reactive ketones (excluding diaryl/α,β-unsaturated/α-hetero) is 1. The highest BCUT2D eigenvalue weighted by Gasteiger charge is 2.30. The first-order chi connectivity index (χ1) is 7.18. The lowest BCUT2D eigenvalue weighted by Crippen LogP contribution is -2.23. The molecule has 2 aliphatic carbocycles. The number of carboxylic acids is 1. The minimum Gasteiger partial charge on any atom is -0.481 e. The van der Waals surface area contributed by atoms with Crippen LogP contribution in [0.4, 0.5) is 0 Å². The maximum Gasteiger partial charge on any atom is 0.307 e. The van der Waals surface area contributed by atoms with E-state index in [0.717, 1.165) is 25.7 Å². The first-order valence-electron chi connectivity index (χ1n) is 5.65. The zero-order valence-corrected chi connectivity index (χ0v) is 8.79. The largest absolute Gasteiger partial charge is 0.481 e. The van der Waals surface area contributed by atoms with Gasteiger partial charge in [-0.15, -0.1) is 0 Å². The Morgan fingerprint density at radius 2 is 2.07 bits per heavy atom. The number of ketones is 1. The van der Waals surface area contributed by atoms with Gasteiger partial charge in [-0.25, -0.2) is 0 Å². The molecule has 0 heterocycles. The normalized spacial score (nSPS) is 26.4. The molecule has 1 atom stereocenters. The average Bonchev–Trinajstić information content (AvgIpc) is 2.22. The third-order valence-corrected chi connectivity index (χ3v) is 3.51. The van der Waals surface area contributed by atoms with Gasteiger partial charge in [0.2, 0.25) is 0 Å². The molecule has 0 aliphatic heterocycles.